The predicted molar refractivity (Wildman–Crippen MR) is 78.7 cm³/mol. The molecule has 1 saturated heterocycles. The lowest BCUT2D eigenvalue weighted by Gasteiger charge is -2.39. The average Bonchev–Trinajstić information content (AvgIpc) is 2.49. The van der Waals surface area contributed by atoms with Crippen molar-refractivity contribution < 1.29 is 9.53 Å². The van der Waals surface area contributed by atoms with E-state index in [0.717, 1.165) is 17.7 Å². The molecule has 1 amide bonds. The molecule has 1 heterocycles. The first-order valence-electron chi connectivity index (χ1n) is 6.80. The summed E-state index contributed by atoms with van der Waals surface area (Å²) in [7, 11) is 0. The second-order valence-corrected chi connectivity index (χ2v) is 5.20. The summed E-state index contributed by atoms with van der Waals surface area (Å²) in [6.07, 6.45) is 0.492. The number of cyclic esters (lactones) is 1. The monoisotopic (exact) mass is 267 g/mol. The highest BCUT2D eigenvalue weighted by atomic mass is 16.6. The molecule has 1 unspecified atom stereocenters. The Kier molecular flexibility index (Phi) is 3.18. The smallest absolute Gasteiger partial charge is 0.415 e. The molecule has 1 aliphatic rings. The highest BCUT2D eigenvalue weighted by molar-refractivity contribution is 5.88. The van der Waals surface area contributed by atoms with Crippen LogP contribution >= 0.6 is 0 Å². The zero-order chi connectivity index (χ0) is 14.0. The molecule has 0 bridgehead atoms. The number of ether oxygens (including phenoxy) is 1. The van der Waals surface area contributed by atoms with Crippen LogP contribution in [0.15, 0.2) is 60.7 Å². The normalized spacial score (nSPS) is 22.4. The molecule has 1 aliphatic heterocycles. The van der Waals surface area contributed by atoms with Gasteiger partial charge in [-0.15, -0.1) is 0 Å². The van der Waals surface area contributed by atoms with Crippen LogP contribution in [0.2, 0.25) is 0 Å². The summed E-state index contributed by atoms with van der Waals surface area (Å²) in [6.45, 7) is 2.64. The molecule has 0 N–H and O–H groups in total. The molecule has 1 atom stereocenters. The fourth-order valence-electron chi connectivity index (χ4n) is 2.55. The zero-order valence-corrected chi connectivity index (χ0v) is 11.5. The highest BCUT2D eigenvalue weighted by Crippen LogP contribution is 2.35. The Balaban J connectivity index is 1.82. The third kappa shape index (κ3) is 2.27. The number of carbonyl (C=O) groups excluding carboxylic acids is 1. The Labute approximate surface area is 118 Å². The van der Waals surface area contributed by atoms with Crippen molar-refractivity contribution in [3.63, 3.8) is 0 Å². The van der Waals surface area contributed by atoms with Crippen molar-refractivity contribution in [1.82, 2.24) is 0 Å². The maximum absolute atomic E-state index is 12.3. The number of hydrogen-bond donors (Lipinski definition) is 0. The molecular weight excluding hydrogens is 250 g/mol. The van der Waals surface area contributed by atoms with Crippen LogP contribution in [0.5, 0.6) is 0 Å². The molecule has 3 nitrogen and oxygen atoms in total. The summed E-state index contributed by atoms with van der Waals surface area (Å²) in [4.78, 5) is 14.0. The van der Waals surface area contributed by atoms with Crippen molar-refractivity contribution in [1.29, 1.82) is 0 Å². The van der Waals surface area contributed by atoms with E-state index in [0.29, 0.717) is 6.54 Å². The molecule has 20 heavy (non-hydrogen) atoms. The van der Waals surface area contributed by atoms with Crippen LogP contribution in [0.1, 0.15) is 18.9 Å². The van der Waals surface area contributed by atoms with Crippen molar-refractivity contribution in [2.45, 2.75) is 18.9 Å². The van der Waals surface area contributed by atoms with Gasteiger partial charge in [-0.1, -0.05) is 48.5 Å². The van der Waals surface area contributed by atoms with Crippen molar-refractivity contribution in [2.24, 2.45) is 0 Å². The Morgan fingerprint density at radius 2 is 1.60 bits per heavy atom. The van der Waals surface area contributed by atoms with E-state index in [1.165, 1.54) is 0 Å². The molecule has 3 rings (SSSR count). The molecule has 0 saturated carbocycles. The molecule has 1 fully saturated rings. The number of nitrogens with zero attached hydrogens (tertiary/aromatic N) is 1. The second-order valence-electron chi connectivity index (χ2n) is 5.20. The van der Waals surface area contributed by atoms with Crippen LogP contribution in [0, 0.1) is 0 Å². The number of amides is 1. The van der Waals surface area contributed by atoms with E-state index < -0.39 is 5.60 Å². The third-order valence-electron chi connectivity index (χ3n) is 3.80. The van der Waals surface area contributed by atoms with Gasteiger partial charge in [-0.05, 0) is 24.6 Å². The fraction of sp³-hybridized carbons (Fsp3) is 0.235. The first-order chi connectivity index (χ1) is 9.69. The first-order valence-corrected chi connectivity index (χ1v) is 6.80. The van der Waals surface area contributed by atoms with E-state index >= 15 is 0 Å². The van der Waals surface area contributed by atoms with Gasteiger partial charge in [0, 0.05) is 18.7 Å². The van der Waals surface area contributed by atoms with E-state index in [4.69, 9.17) is 4.74 Å². The van der Waals surface area contributed by atoms with E-state index in [9.17, 15) is 4.79 Å². The largest absolute Gasteiger partial charge is 0.438 e. The zero-order valence-electron chi connectivity index (χ0n) is 11.5. The van der Waals surface area contributed by atoms with Gasteiger partial charge in [0.15, 0.2) is 0 Å². The fourth-order valence-corrected chi connectivity index (χ4v) is 2.55. The quantitative estimate of drug-likeness (QED) is 0.824. The van der Waals surface area contributed by atoms with Gasteiger partial charge < -0.3 is 4.74 Å². The second kappa shape index (κ2) is 5.00. The van der Waals surface area contributed by atoms with E-state index in [-0.39, 0.29) is 6.09 Å². The minimum atomic E-state index is -0.538. The number of hydrogen-bond acceptors (Lipinski definition) is 2. The summed E-state index contributed by atoms with van der Waals surface area (Å²) >= 11 is 0. The van der Waals surface area contributed by atoms with Gasteiger partial charge in [0.1, 0.15) is 5.60 Å². The van der Waals surface area contributed by atoms with Crippen molar-refractivity contribution >= 4 is 11.8 Å². The van der Waals surface area contributed by atoms with Crippen molar-refractivity contribution in [3.05, 3.63) is 66.2 Å². The van der Waals surface area contributed by atoms with Crippen LogP contribution in [-0.4, -0.2) is 12.6 Å². The van der Waals surface area contributed by atoms with Crippen LogP contribution < -0.4 is 4.90 Å². The topological polar surface area (TPSA) is 29.5 Å². The van der Waals surface area contributed by atoms with Gasteiger partial charge in [-0.3, -0.25) is 4.90 Å². The Morgan fingerprint density at radius 1 is 1.00 bits per heavy atom. The van der Waals surface area contributed by atoms with Crippen molar-refractivity contribution in [2.75, 3.05) is 11.4 Å². The Morgan fingerprint density at radius 3 is 2.20 bits per heavy atom. The van der Waals surface area contributed by atoms with Crippen molar-refractivity contribution in [3.8, 4) is 0 Å². The maximum atomic E-state index is 12.3. The molecule has 3 heteroatoms. The average molecular weight is 267 g/mol. The molecule has 0 aromatic heterocycles. The van der Waals surface area contributed by atoms with Gasteiger partial charge in [0.05, 0.1) is 0 Å². The van der Waals surface area contributed by atoms with E-state index in [1.54, 1.807) is 4.90 Å². The number of rotatable bonds is 2. The maximum Gasteiger partial charge on any atom is 0.415 e. The van der Waals surface area contributed by atoms with Crippen LogP contribution in [-0.2, 0) is 10.3 Å². The number of para-hydroxylation sites is 1. The van der Waals surface area contributed by atoms with Gasteiger partial charge in [-0.2, -0.15) is 0 Å². The van der Waals surface area contributed by atoms with Crippen LogP contribution in [0.3, 0.4) is 0 Å². The summed E-state index contributed by atoms with van der Waals surface area (Å²) in [6, 6.07) is 19.5. The van der Waals surface area contributed by atoms with Gasteiger partial charge in [0.25, 0.3) is 0 Å². The van der Waals surface area contributed by atoms with E-state index in [2.05, 4.69) is 0 Å². The molecule has 0 aliphatic carbocycles. The SMILES string of the molecule is CC1(c2ccccc2)CCN(c2ccccc2)C(=O)O1. The summed E-state index contributed by atoms with van der Waals surface area (Å²) in [5, 5.41) is 0. The summed E-state index contributed by atoms with van der Waals surface area (Å²) in [5.74, 6) is 0. The Bertz CT molecular complexity index is 597. The summed E-state index contributed by atoms with van der Waals surface area (Å²) < 4.78 is 5.71. The van der Waals surface area contributed by atoms with Crippen LogP contribution in [0.4, 0.5) is 10.5 Å². The molecular formula is C17H17NO2. The van der Waals surface area contributed by atoms with Gasteiger partial charge in [-0.25, -0.2) is 4.79 Å². The lowest BCUT2D eigenvalue weighted by Crippen LogP contribution is -2.46. The molecule has 0 radical (unpaired) electrons. The minimum absolute atomic E-state index is 0.284. The third-order valence-corrected chi connectivity index (χ3v) is 3.80. The lowest BCUT2D eigenvalue weighted by molar-refractivity contribution is 0.00582. The minimum Gasteiger partial charge on any atom is -0.438 e. The van der Waals surface area contributed by atoms with E-state index in [1.807, 2.05) is 67.6 Å². The lowest BCUT2D eigenvalue weighted by atomic mass is 9.91. The number of anilines is 1. The number of benzene rings is 2. The first kappa shape index (κ1) is 12.7. The molecule has 2 aromatic carbocycles. The summed E-state index contributed by atoms with van der Waals surface area (Å²) in [5.41, 5.74) is 1.39. The molecule has 2 aromatic rings. The van der Waals surface area contributed by atoms with Gasteiger partial charge in [0.2, 0.25) is 0 Å². The number of carbonyl (C=O) groups is 1. The van der Waals surface area contributed by atoms with Crippen LogP contribution in [0.25, 0.3) is 0 Å². The predicted octanol–water partition coefficient (Wildman–Crippen LogP) is 3.95. The van der Waals surface area contributed by atoms with Gasteiger partial charge >= 0.3 is 6.09 Å². The Hall–Kier alpha value is -2.29. The molecule has 102 valence electrons. The highest BCUT2D eigenvalue weighted by Gasteiger charge is 2.38. The molecule has 0 spiro atoms. The standard InChI is InChI=1S/C17H17NO2/c1-17(14-8-4-2-5-9-14)12-13-18(16(19)20-17)15-10-6-3-7-11-15/h2-11H,12-13H2,1H3.